The molecule has 3 aliphatic rings. The number of ether oxygens (including phenoxy) is 4. The first-order valence-electron chi connectivity index (χ1n) is 13.8. The Balaban J connectivity index is 1.83. The molecule has 3 fully saturated rings. The number of nitrogens with two attached hydrogens (primary N) is 5. The predicted molar refractivity (Wildman–Crippen MR) is 143 cm³/mol. The van der Waals surface area contributed by atoms with Crippen molar-refractivity contribution in [1.82, 2.24) is 5.32 Å². The van der Waals surface area contributed by atoms with E-state index in [1.165, 1.54) is 0 Å². The van der Waals surface area contributed by atoms with E-state index in [2.05, 4.69) is 10.3 Å². The lowest BCUT2D eigenvalue weighted by Crippen LogP contribution is -2.69. The minimum absolute atomic E-state index is 0.0709. The molecule has 20 nitrogen and oxygen atoms in total. The van der Waals surface area contributed by atoms with Crippen LogP contribution in [-0.4, -0.2) is 170 Å². The zero-order valence-corrected chi connectivity index (χ0v) is 23.2. The molecule has 19 N–H and O–H groups in total. The molecule has 0 aromatic heterocycles. The van der Waals surface area contributed by atoms with Crippen molar-refractivity contribution in [2.75, 3.05) is 19.7 Å². The number of nitrogens with zero attached hydrogens (tertiary/aromatic N) is 1. The molecular formula is C23H45N7O13. The zero-order chi connectivity index (χ0) is 32.2. The van der Waals surface area contributed by atoms with Crippen LogP contribution in [0.3, 0.4) is 0 Å². The van der Waals surface area contributed by atoms with E-state index in [1.54, 1.807) is 0 Å². The van der Waals surface area contributed by atoms with Crippen LogP contribution in [0.2, 0.25) is 0 Å². The van der Waals surface area contributed by atoms with Crippen LogP contribution in [0.15, 0.2) is 4.99 Å². The number of rotatable bonds is 11. The summed E-state index contributed by atoms with van der Waals surface area (Å²) in [7, 11) is 0. The predicted octanol–water partition coefficient (Wildman–Crippen LogP) is -9.11. The van der Waals surface area contributed by atoms with Gasteiger partial charge in [0, 0.05) is 25.6 Å². The Labute approximate surface area is 246 Å². The van der Waals surface area contributed by atoms with Crippen LogP contribution in [0.5, 0.6) is 0 Å². The molecule has 0 radical (unpaired) electrons. The Kier molecular flexibility index (Phi) is 12.8. The van der Waals surface area contributed by atoms with Crippen LogP contribution < -0.4 is 34.0 Å². The van der Waals surface area contributed by atoms with Gasteiger partial charge < -0.3 is 93.8 Å². The smallest absolute Gasteiger partial charge is 0.249 e. The summed E-state index contributed by atoms with van der Waals surface area (Å²) in [5.41, 5.74) is 28.2. The van der Waals surface area contributed by atoms with Crippen molar-refractivity contribution < 1.29 is 64.6 Å². The normalized spacial score (nSPS) is 44.4. The first-order chi connectivity index (χ1) is 20.2. The molecule has 250 valence electrons. The Morgan fingerprint density at radius 2 is 1.49 bits per heavy atom. The van der Waals surface area contributed by atoms with E-state index in [4.69, 9.17) is 47.6 Å². The van der Waals surface area contributed by atoms with E-state index in [0.717, 1.165) is 0 Å². The number of carbonyl (C=O) groups is 1. The maximum Gasteiger partial charge on any atom is 0.249 e. The van der Waals surface area contributed by atoms with Gasteiger partial charge in [-0.25, -0.2) is 0 Å². The average Bonchev–Trinajstić information content (AvgIpc) is 2.96. The minimum atomic E-state index is -1.78. The Morgan fingerprint density at radius 1 is 0.884 bits per heavy atom. The fourth-order valence-corrected chi connectivity index (χ4v) is 5.23. The van der Waals surface area contributed by atoms with E-state index in [9.17, 15) is 45.6 Å². The summed E-state index contributed by atoms with van der Waals surface area (Å²) in [6.07, 6.45) is -20.3. The summed E-state index contributed by atoms with van der Waals surface area (Å²) < 4.78 is 22.6. The standard InChI is InChI=1S/C23H45N7O13/c24-4-9-13(34)15(36)16(37)22(40-9)42-18-6(25)3-7(30-20(39)8(32)1-2-29-23(27)28)19(17(18)38)43-21-14(35)11(26)12(33)10(5-31)41-21/h6-19,21-22,31-38H,1-5,24-26H2,(H,30,39)(H4,27,28,29). The van der Waals surface area contributed by atoms with Crippen molar-refractivity contribution in [3.63, 3.8) is 0 Å². The Morgan fingerprint density at radius 3 is 2.09 bits per heavy atom. The highest BCUT2D eigenvalue weighted by Crippen LogP contribution is 2.32. The van der Waals surface area contributed by atoms with Crippen LogP contribution in [0.1, 0.15) is 12.8 Å². The molecule has 16 atom stereocenters. The molecule has 1 aliphatic carbocycles. The molecular weight excluding hydrogens is 582 g/mol. The lowest BCUT2D eigenvalue weighted by Gasteiger charge is -2.49. The van der Waals surface area contributed by atoms with Crippen LogP contribution in [0.4, 0.5) is 0 Å². The highest BCUT2D eigenvalue weighted by molar-refractivity contribution is 5.81. The largest absolute Gasteiger partial charge is 0.394 e. The topological polar surface area (TPSA) is 370 Å². The third-order valence-corrected chi connectivity index (χ3v) is 7.77. The quantitative estimate of drug-likeness (QED) is 0.0746. The second-order valence-electron chi connectivity index (χ2n) is 10.9. The fraction of sp³-hybridized carbons (Fsp3) is 0.913. The SMILES string of the molecule is NCC1OC(OC2C(N)CC(NC(=O)C(O)CCN=C(N)N)C(OC3OC(CO)C(O)C(N)C3O)C2O)C(O)C(O)C1O. The molecule has 1 amide bonds. The number of guanidine groups is 1. The van der Waals surface area contributed by atoms with Gasteiger partial charge in [0.25, 0.3) is 0 Å². The summed E-state index contributed by atoms with van der Waals surface area (Å²) in [5, 5.41) is 85.4. The molecule has 2 saturated heterocycles. The second kappa shape index (κ2) is 15.4. The maximum absolute atomic E-state index is 12.8. The third kappa shape index (κ3) is 8.25. The molecule has 0 spiro atoms. The van der Waals surface area contributed by atoms with Crippen LogP contribution in [-0.2, 0) is 23.7 Å². The van der Waals surface area contributed by atoms with Gasteiger partial charge in [0.05, 0.1) is 18.7 Å². The van der Waals surface area contributed by atoms with E-state index in [-0.39, 0.29) is 31.9 Å². The van der Waals surface area contributed by atoms with Crippen LogP contribution in [0.25, 0.3) is 0 Å². The summed E-state index contributed by atoms with van der Waals surface area (Å²) in [5.74, 6) is -1.14. The molecule has 20 heteroatoms. The van der Waals surface area contributed by atoms with Gasteiger partial charge in [-0.1, -0.05) is 0 Å². The van der Waals surface area contributed by atoms with Crippen LogP contribution >= 0.6 is 0 Å². The average molecular weight is 628 g/mol. The molecule has 2 heterocycles. The van der Waals surface area contributed by atoms with Gasteiger partial charge >= 0.3 is 0 Å². The highest BCUT2D eigenvalue weighted by Gasteiger charge is 2.52. The molecule has 1 saturated carbocycles. The number of hydrogen-bond donors (Lipinski definition) is 14. The summed E-state index contributed by atoms with van der Waals surface area (Å²) in [6, 6.07) is -3.56. The van der Waals surface area contributed by atoms with Crippen molar-refractivity contribution in [2.24, 2.45) is 33.7 Å². The first-order valence-corrected chi connectivity index (χ1v) is 13.8. The molecule has 3 rings (SSSR count). The molecule has 43 heavy (non-hydrogen) atoms. The number of aliphatic hydroxyl groups is 8. The first kappa shape index (κ1) is 35.6. The van der Waals surface area contributed by atoms with E-state index < -0.39 is 110 Å². The van der Waals surface area contributed by atoms with Crippen LogP contribution in [0, 0.1) is 0 Å². The van der Waals surface area contributed by atoms with E-state index >= 15 is 0 Å². The van der Waals surface area contributed by atoms with E-state index in [0.29, 0.717) is 0 Å². The van der Waals surface area contributed by atoms with Gasteiger partial charge in [-0.3, -0.25) is 9.79 Å². The molecule has 16 unspecified atom stereocenters. The lowest BCUT2D eigenvalue weighted by atomic mass is 9.83. The van der Waals surface area contributed by atoms with Crippen molar-refractivity contribution in [2.45, 2.75) is 111 Å². The van der Waals surface area contributed by atoms with Gasteiger partial charge in [-0.15, -0.1) is 0 Å². The van der Waals surface area contributed by atoms with Crippen molar-refractivity contribution in [3.05, 3.63) is 0 Å². The molecule has 0 aromatic rings. The minimum Gasteiger partial charge on any atom is -0.394 e. The van der Waals surface area contributed by atoms with Gasteiger partial charge in [0.1, 0.15) is 67.1 Å². The molecule has 0 aromatic carbocycles. The summed E-state index contributed by atoms with van der Waals surface area (Å²) >= 11 is 0. The molecule has 2 aliphatic heterocycles. The third-order valence-electron chi connectivity index (χ3n) is 7.77. The van der Waals surface area contributed by atoms with Gasteiger partial charge in [-0.05, 0) is 6.42 Å². The number of hydrogen-bond acceptors (Lipinski definition) is 17. The second-order valence-corrected chi connectivity index (χ2v) is 10.9. The Bertz CT molecular complexity index is 932. The van der Waals surface area contributed by atoms with Crippen molar-refractivity contribution >= 4 is 11.9 Å². The summed E-state index contributed by atoms with van der Waals surface area (Å²) in [4.78, 5) is 16.5. The zero-order valence-electron chi connectivity index (χ0n) is 23.2. The maximum atomic E-state index is 12.8. The van der Waals surface area contributed by atoms with Gasteiger partial charge in [0.15, 0.2) is 18.5 Å². The molecule has 0 bridgehead atoms. The van der Waals surface area contributed by atoms with Crippen molar-refractivity contribution in [3.8, 4) is 0 Å². The number of carbonyl (C=O) groups excluding carboxylic acids is 1. The lowest BCUT2D eigenvalue weighted by molar-refractivity contribution is -0.332. The highest BCUT2D eigenvalue weighted by atomic mass is 16.7. The Hall–Kier alpha value is -1.86. The number of aliphatic imine (C=N–C) groups is 1. The monoisotopic (exact) mass is 627 g/mol. The number of aliphatic hydroxyl groups excluding tert-OH is 8. The van der Waals surface area contributed by atoms with Gasteiger partial charge in [-0.2, -0.15) is 0 Å². The van der Waals surface area contributed by atoms with Crippen molar-refractivity contribution in [1.29, 1.82) is 0 Å². The fourth-order valence-electron chi connectivity index (χ4n) is 5.23. The van der Waals surface area contributed by atoms with E-state index in [1.807, 2.05) is 0 Å². The number of amides is 1. The summed E-state index contributed by atoms with van der Waals surface area (Å²) in [6.45, 7) is -1.01. The van der Waals surface area contributed by atoms with Gasteiger partial charge in [0.2, 0.25) is 5.91 Å². The number of nitrogens with one attached hydrogen (secondary N) is 1.